The van der Waals surface area contributed by atoms with Gasteiger partial charge in [-0.25, -0.2) is 9.37 Å². The Labute approximate surface area is 181 Å². The van der Waals surface area contributed by atoms with Crippen molar-refractivity contribution in [2.24, 2.45) is 0 Å². The molecule has 0 saturated carbocycles. The van der Waals surface area contributed by atoms with Gasteiger partial charge in [0, 0.05) is 39.4 Å². The number of rotatable bonds is 8. The van der Waals surface area contributed by atoms with Gasteiger partial charge in [-0.15, -0.1) is 0 Å². The summed E-state index contributed by atoms with van der Waals surface area (Å²) in [6.45, 7) is 1.27. The fourth-order valence-corrected chi connectivity index (χ4v) is 3.14. The molecule has 0 radical (unpaired) electrons. The van der Waals surface area contributed by atoms with Gasteiger partial charge in [0.25, 0.3) is 0 Å². The monoisotopic (exact) mass is 426 g/mol. The van der Waals surface area contributed by atoms with E-state index < -0.39 is 0 Å². The van der Waals surface area contributed by atoms with Crippen LogP contribution in [0.3, 0.4) is 0 Å². The van der Waals surface area contributed by atoms with Gasteiger partial charge in [0.1, 0.15) is 11.6 Å². The first-order valence-corrected chi connectivity index (χ1v) is 10.2. The van der Waals surface area contributed by atoms with Crippen LogP contribution in [0.2, 0.25) is 0 Å². The third kappa shape index (κ3) is 6.64. The summed E-state index contributed by atoms with van der Waals surface area (Å²) in [6, 6.07) is 5.77. The molecule has 164 valence electrons. The van der Waals surface area contributed by atoms with Gasteiger partial charge in [0.05, 0.1) is 23.9 Å². The summed E-state index contributed by atoms with van der Waals surface area (Å²) in [4.78, 5) is 20.8. The zero-order chi connectivity index (χ0) is 22.1. The van der Waals surface area contributed by atoms with E-state index in [2.05, 4.69) is 43.1 Å². The number of hydrogen-bond acceptors (Lipinski definition) is 7. The molecule has 1 aliphatic rings. The molecular weight excluding hydrogens is 399 g/mol. The Morgan fingerprint density at radius 3 is 2.87 bits per heavy atom. The number of methoxy groups -OCH3 is 1. The van der Waals surface area contributed by atoms with Crippen molar-refractivity contribution in [3.05, 3.63) is 41.8 Å². The number of anilines is 3. The molecular formula is C22H27FN6O2. The van der Waals surface area contributed by atoms with Crippen LogP contribution in [0, 0.1) is 17.7 Å². The van der Waals surface area contributed by atoms with Gasteiger partial charge in [0.15, 0.2) is 0 Å². The molecule has 1 unspecified atom stereocenters. The maximum atomic E-state index is 13.0. The highest BCUT2D eigenvalue weighted by atomic mass is 19.1. The Hall–Kier alpha value is -3.22. The van der Waals surface area contributed by atoms with Gasteiger partial charge in [-0.2, -0.15) is 4.98 Å². The Morgan fingerprint density at radius 2 is 2.16 bits per heavy atom. The average molecular weight is 426 g/mol. The third-order valence-electron chi connectivity index (χ3n) is 4.87. The van der Waals surface area contributed by atoms with E-state index in [1.807, 2.05) is 0 Å². The molecule has 1 amide bonds. The number of hydrogen-bond donors (Lipinski definition) is 4. The van der Waals surface area contributed by atoms with Crippen LogP contribution in [0.25, 0.3) is 0 Å². The van der Waals surface area contributed by atoms with Gasteiger partial charge in [-0.1, -0.05) is 11.8 Å². The number of carbonyl (C=O) groups excluding carboxylic acids is 1. The third-order valence-corrected chi connectivity index (χ3v) is 4.87. The lowest BCUT2D eigenvalue weighted by Gasteiger charge is -2.10. The summed E-state index contributed by atoms with van der Waals surface area (Å²) in [5.74, 6) is 6.84. The topological polar surface area (TPSA) is 100 Å². The number of nitrogens with one attached hydrogen (secondary N) is 4. The van der Waals surface area contributed by atoms with Crippen LogP contribution in [0.15, 0.2) is 30.5 Å². The lowest BCUT2D eigenvalue weighted by molar-refractivity contribution is -0.122. The summed E-state index contributed by atoms with van der Waals surface area (Å²) >= 11 is 0. The summed E-state index contributed by atoms with van der Waals surface area (Å²) in [7, 11) is 3.42. The Bertz CT molecular complexity index is 941. The van der Waals surface area contributed by atoms with Crippen molar-refractivity contribution in [2.75, 3.05) is 37.9 Å². The molecule has 2 atom stereocenters. The van der Waals surface area contributed by atoms with Crippen molar-refractivity contribution in [2.45, 2.75) is 31.4 Å². The highest BCUT2D eigenvalue weighted by Gasteiger charge is 2.28. The molecule has 31 heavy (non-hydrogen) atoms. The number of ether oxygens (including phenoxy) is 1. The maximum absolute atomic E-state index is 13.0. The van der Waals surface area contributed by atoms with E-state index >= 15 is 0 Å². The second-order valence-corrected chi connectivity index (χ2v) is 7.09. The number of carbonyl (C=O) groups is 1. The number of halogens is 1. The lowest BCUT2D eigenvalue weighted by Crippen LogP contribution is -2.40. The van der Waals surface area contributed by atoms with Gasteiger partial charge in [-0.05, 0) is 37.1 Å². The Balaban J connectivity index is 1.45. The van der Waals surface area contributed by atoms with Crippen molar-refractivity contribution >= 4 is 23.4 Å². The molecule has 0 bridgehead atoms. The van der Waals surface area contributed by atoms with E-state index in [0.29, 0.717) is 48.9 Å². The second-order valence-electron chi connectivity index (χ2n) is 7.09. The summed E-state index contributed by atoms with van der Waals surface area (Å²) in [6.07, 6.45) is 3.82. The van der Waals surface area contributed by atoms with Crippen LogP contribution >= 0.6 is 0 Å². The van der Waals surface area contributed by atoms with E-state index in [-0.39, 0.29) is 23.9 Å². The fourth-order valence-electron chi connectivity index (χ4n) is 3.14. The lowest BCUT2D eigenvalue weighted by atomic mass is 10.2. The van der Waals surface area contributed by atoms with Crippen molar-refractivity contribution in [3.63, 3.8) is 0 Å². The van der Waals surface area contributed by atoms with Crippen LogP contribution in [0.5, 0.6) is 0 Å². The normalized spacial score (nSPS) is 17.5. The van der Waals surface area contributed by atoms with Crippen LogP contribution < -0.4 is 21.3 Å². The minimum absolute atomic E-state index is 0.00243. The summed E-state index contributed by atoms with van der Waals surface area (Å²) in [5, 5.41) is 12.1. The molecule has 4 N–H and O–H groups in total. The molecule has 0 aliphatic carbocycles. The molecule has 2 heterocycles. The fraction of sp³-hybridized carbons (Fsp3) is 0.409. The minimum atomic E-state index is -0.303. The number of nitrogens with zero attached hydrogens (tertiary/aromatic N) is 2. The zero-order valence-corrected chi connectivity index (χ0v) is 17.7. The summed E-state index contributed by atoms with van der Waals surface area (Å²) in [5.41, 5.74) is 1.37. The van der Waals surface area contributed by atoms with Gasteiger partial charge < -0.3 is 26.0 Å². The molecule has 1 aliphatic heterocycles. The molecule has 9 heteroatoms. The van der Waals surface area contributed by atoms with Crippen molar-refractivity contribution in [3.8, 4) is 11.8 Å². The zero-order valence-electron chi connectivity index (χ0n) is 17.7. The van der Waals surface area contributed by atoms with Crippen LogP contribution in [-0.2, 0) is 9.53 Å². The first kappa shape index (κ1) is 22.5. The molecule has 2 aromatic rings. The number of unbranched alkanes of at least 4 members (excludes halogenated alkanes) is 1. The first-order chi connectivity index (χ1) is 15.1. The maximum Gasteiger partial charge on any atom is 0.237 e. The summed E-state index contributed by atoms with van der Waals surface area (Å²) < 4.78 is 18.3. The number of aromatic nitrogens is 2. The van der Waals surface area contributed by atoms with E-state index in [1.54, 1.807) is 32.5 Å². The van der Waals surface area contributed by atoms with Gasteiger partial charge in [-0.3, -0.25) is 4.79 Å². The highest BCUT2D eigenvalue weighted by molar-refractivity contribution is 5.82. The van der Waals surface area contributed by atoms with Gasteiger partial charge in [0.2, 0.25) is 11.9 Å². The highest BCUT2D eigenvalue weighted by Crippen LogP contribution is 2.17. The van der Waals surface area contributed by atoms with E-state index in [0.717, 1.165) is 6.42 Å². The number of benzene rings is 1. The molecule has 8 nitrogen and oxygen atoms in total. The Morgan fingerprint density at radius 1 is 1.35 bits per heavy atom. The predicted octanol–water partition coefficient (Wildman–Crippen LogP) is 2.03. The molecule has 1 aromatic carbocycles. The largest absolute Gasteiger partial charge is 0.380 e. The molecule has 1 aromatic heterocycles. The average Bonchev–Trinajstić information content (AvgIpc) is 3.27. The first-order valence-electron chi connectivity index (χ1n) is 10.2. The number of amides is 1. The quantitative estimate of drug-likeness (QED) is 0.379. The SMILES string of the molecule is CNc1nc(Nc2ccc(F)cc2)ncc1C#CCCCNC(=O)C1C[C@H](OC)CN1. The molecule has 3 rings (SSSR count). The van der Waals surface area contributed by atoms with E-state index in [1.165, 1.54) is 12.1 Å². The van der Waals surface area contributed by atoms with Crippen LogP contribution in [0.1, 0.15) is 24.8 Å². The van der Waals surface area contributed by atoms with Crippen LogP contribution in [0.4, 0.5) is 21.8 Å². The Kier molecular flexibility index (Phi) is 8.15. The standard InChI is InChI=1S/C22H27FN6O2/c1-24-20-15(13-27-22(29-20)28-17-9-7-16(23)8-10-17)6-4-3-5-11-25-21(30)19-12-18(31-2)14-26-19/h7-10,13,18-19,26H,3,5,11-12,14H2,1-2H3,(H,25,30)(H2,24,27,28,29)/t18-,19?/m0/s1. The van der Waals surface area contributed by atoms with Crippen LogP contribution in [-0.4, -0.2) is 55.3 Å². The van der Waals surface area contributed by atoms with Crippen molar-refractivity contribution < 1.29 is 13.9 Å². The predicted molar refractivity (Wildman–Crippen MR) is 118 cm³/mol. The van der Waals surface area contributed by atoms with E-state index in [9.17, 15) is 9.18 Å². The van der Waals surface area contributed by atoms with E-state index in [4.69, 9.17) is 4.74 Å². The van der Waals surface area contributed by atoms with Crippen molar-refractivity contribution in [1.82, 2.24) is 20.6 Å². The molecule has 1 fully saturated rings. The second kappa shape index (κ2) is 11.2. The smallest absolute Gasteiger partial charge is 0.237 e. The molecule has 1 saturated heterocycles. The minimum Gasteiger partial charge on any atom is -0.380 e. The van der Waals surface area contributed by atoms with Gasteiger partial charge >= 0.3 is 0 Å². The van der Waals surface area contributed by atoms with Crippen molar-refractivity contribution in [1.29, 1.82) is 0 Å². The molecule has 0 spiro atoms.